The van der Waals surface area contributed by atoms with Gasteiger partial charge in [-0.25, -0.2) is 8.42 Å². The number of nitrogens with zero attached hydrogens (tertiary/aromatic N) is 2. The number of carbonyl (C=O) groups is 2. The van der Waals surface area contributed by atoms with Crippen molar-refractivity contribution in [1.82, 2.24) is 10.2 Å². The lowest BCUT2D eigenvalue weighted by molar-refractivity contribution is -0.141. The standard InChI is InChI=1S/C28H41N3O5S/c1-6-22(3)29-28(33)26(7-2)30(20-18-23-13-9-8-10-14-23)27(32)17-12-19-31(37(5,34)35)24-15-11-16-25(21-24)36-4/h8-11,13-16,21-22,26H,6-7,12,17-20H2,1-5H3,(H,29,33). The van der Waals surface area contributed by atoms with Crippen molar-refractivity contribution in [1.29, 1.82) is 0 Å². The predicted molar refractivity (Wildman–Crippen MR) is 148 cm³/mol. The van der Waals surface area contributed by atoms with Gasteiger partial charge in [0.15, 0.2) is 0 Å². The molecular weight excluding hydrogens is 490 g/mol. The van der Waals surface area contributed by atoms with Gasteiger partial charge in [0, 0.05) is 31.6 Å². The summed E-state index contributed by atoms with van der Waals surface area (Å²) in [7, 11) is -2.05. The molecule has 2 rings (SSSR count). The molecule has 0 aliphatic heterocycles. The molecule has 0 aromatic heterocycles. The Morgan fingerprint density at radius 2 is 1.70 bits per heavy atom. The van der Waals surface area contributed by atoms with E-state index in [-0.39, 0.29) is 30.8 Å². The van der Waals surface area contributed by atoms with Gasteiger partial charge in [-0.05, 0) is 50.3 Å². The number of hydrogen-bond donors (Lipinski definition) is 1. The average Bonchev–Trinajstić information content (AvgIpc) is 2.88. The summed E-state index contributed by atoms with van der Waals surface area (Å²) >= 11 is 0. The molecule has 2 aromatic rings. The van der Waals surface area contributed by atoms with E-state index in [0.29, 0.717) is 37.2 Å². The van der Waals surface area contributed by atoms with Crippen LogP contribution in [0.15, 0.2) is 54.6 Å². The van der Waals surface area contributed by atoms with E-state index >= 15 is 0 Å². The number of anilines is 1. The third kappa shape index (κ3) is 9.39. The summed E-state index contributed by atoms with van der Waals surface area (Å²) in [6, 6.07) is 16.1. The van der Waals surface area contributed by atoms with Gasteiger partial charge in [-0.3, -0.25) is 13.9 Å². The van der Waals surface area contributed by atoms with E-state index in [9.17, 15) is 18.0 Å². The first-order chi connectivity index (χ1) is 17.6. The van der Waals surface area contributed by atoms with E-state index in [1.807, 2.05) is 51.1 Å². The van der Waals surface area contributed by atoms with Gasteiger partial charge < -0.3 is 15.0 Å². The number of sulfonamides is 1. The highest BCUT2D eigenvalue weighted by molar-refractivity contribution is 7.92. The number of carbonyl (C=O) groups excluding carboxylic acids is 2. The first-order valence-corrected chi connectivity index (χ1v) is 14.7. The zero-order valence-electron chi connectivity index (χ0n) is 22.6. The number of benzene rings is 2. The van der Waals surface area contributed by atoms with Crippen molar-refractivity contribution in [2.75, 3.05) is 30.8 Å². The van der Waals surface area contributed by atoms with Crippen LogP contribution in [-0.4, -0.2) is 63.7 Å². The zero-order chi connectivity index (χ0) is 27.4. The Morgan fingerprint density at radius 1 is 1.00 bits per heavy atom. The van der Waals surface area contributed by atoms with Gasteiger partial charge in [0.05, 0.1) is 19.1 Å². The second-order valence-electron chi connectivity index (χ2n) is 9.20. The van der Waals surface area contributed by atoms with Gasteiger partial charge in [-0.15, -0.1) is 0 Å². The SMILES string of the molecule is CCC(C)NC(=O)C(CC)N(CCc1ccccc1)C(=O)CCCN(c1cccc(OC)c1)S(C)(=O)=O. The second kappa shape index (κ2) is 14.6. The Balaban J connectivity index is 2.17. The van der Waals surface area contributed by atoms with E-state index in [2.05, 4.69) is 5.32 Å². The summed E-state index contributed by atoms with van der Waals surface area (Å²) in [5.74, 6) is 0.223. The average molecular weight is 532 g/mol. The van der Waals surface area contributed by atoms with E-state index < -0.39 is 16.1 Å². The molecule has 0 aliphatic carbocycles. The minimum Gasteiger partial charge on any atom is -0.497 e. The monoisotopic (exact) mass is 531 g/mol. The lowest BCUT2D eigenvalue weighted by atomic mass is 10.1. The lowest BCUT2D eigenvalue weighted by Gasteiger charge is -2.32. The fourth-order valence-corrected chi connectivity index (χ4v) is 5.06. The molecule has 2 atom stereocenters. The first-order valence-electron chi connectivity index (χ1n) is 12.9. The molecule has 0 radical (unpaired) electrons. The molecule has 8 nitrogen and oxygen atoms in total. The van der Waals surface area contributed by atoms with Crippen LogP contribution in [0.1, 0.15) is 52.0 Å². The number of ether oxygens (including phenoxy) is 1. The molecule has 204 valence electrons. The Bertz CT molecular complexity index is 1110. The van der Waals surface area contributed by atoms with Gasteiger partial charge in [-0.2, -0.15) is 0 Å². The maximum atomic E-state index is 13.5. The van der Waals surface area contributed by atoms with Crippen LogP contribution in [0, 0.1) is 0 Å². The minimum absolute atomic E-state index is 0.0128. The van der Waals surface area contributed by atoms with Crippen LogP contribution in [0.3, 0.4) is 0 Å². The van der Waals surface area contributed by atoms with Crippen molar-refractivity contribution in [3.05, 3.63) is 60.2 Å². The molecular formula is C28H41N3O5S. The summed E-state index contributed by atoms with van der Waals surface area (Å²) in [5.41, 5.74) is 1.56. The van der Waals surface area contributed by atoms with E-state index in [0.717, 1.165) is 18.2 Å². The third-order valence-corrected chi connectivity index (χ3v) is 7.56. The van der Waals surface area contributed by atoms with Crippen LogP contribution in [0.5, 0.6) is 5.75 Å². The molecule has 0 heterocycles. The Morgan fingerprint density at radius 3 is 2.30 bits per heavy atom. The van der Waals surface area contributed by atoms with Gasteiger partial charge in [0.1, 0.15) is 11.8 Å². The highest BCUT2D eigenvalue weighted by Crippen LogP contribution is 2.24. The van der Waals surface area contributed by atoms with Gasteiger partial charge >= 0.3 is 0 Å². The van der Waals surface area contributed by atoms with Crippen LogP contribution in [0.25, 0.3) is 0 Å². The fraction of sp³-hybridized carbons (Fsp3) is 0.500. The molecule has 0 fully saturated rings. The van der Waals surface area contributed by atoms with Crippen molar-refractivity contribution in [3.8, 4) is 5.75 Å². The summed E-state index contributed by atoms with van der Waals surface area (Å²) in [6.07, 6.45) is 3.49. The largest absolute Gasteiger partial charge is 0.497 e. The van der Waals surface area contributed by atoms with Crippen molar-refractivity contribution >= 4 is 27.5 Å². The van der Waals surface area contributed by atoms with Crippen molar-refractivity contribution in [2.24, 2.45) is 0 Å². The quantitative estimate of drug-likeness (QED) is 0.375. The molecule has 9 heteroatoms. The summed E-state index contributed by atoms with van der Waals surface area (Å²) in [6.45, 7) is 6.39. The summed E-state index contributed by atoms with van der Waals surface area (Å²) < 4.78 is 31.5. The number of methoxy groups -OCH3 is 1. The highest BCUT2D eigenvalue weighted by Gasteiger charge is 2.29. The Hall–Kier alpha value is -3.07. The van der Waals surface area contributed by atoms with Crippen molar-refractivity contribution in [2.45, 2.75) is 65.0 Å². The molecule has 37 heavy (non-hydrogen) atoms. The van der Waals surface area contributed by atoms with Crippen LogP contribution in [0.2, 0.25) is 0 Å². The third-order valence-electron chi connectivity index (χ3n) is 6.36. The lowest BCUT2D eigenvalue weighted by Crippen LogP contribution is -2.51. The maximum Gasteiger partial charge on any atom is 0.243 e. The molecule has 0 aliphatic rings. The van der Waals surface area contributed by atoms with Gasteiger partial charge in [0.25, 0.3) is 0 Å². The maximum absolute atomic E-state index is 13.5. The number of hydrogen-bond acceptors (Lipinski definition) is 5. The van der Waals surface area contributed by atoms with Crippen LogP contribution < -0.4 is 14.4 Å². The molecule has 2 amide bonds. The van der Waals surface area contributed by atoms with Crippen molar-refractivity contribution < 1.29 is 22.7 Å². The topological polar surface area (TPSA) is 96.0 Å². The number of rotatable bonds is 15. The van der Waals surface area contributed by atoms with Gasteiger partial charge in [0.2, 0.25) is 21.8 Å². The number of amides is 2. The first kappa shape index (κ1) is 30.2. The molecule has 0 spiro atoms. The van der Waals surface area contributed by atoms with Crippen molar-refractivity contribution in [3.63, 3.8) is 0 Å². The van der Waals surface area contributed by atoms with Gasteiger partial charge in [-0.1, -0.05) is 50.2 Å². The van der Waals surface area contributed by atoms with Crippen LogP contribution in [0.4, 0.5) is 5.69 Å². The number of nitrogens with one attached hydrogen (secondary N) is 1. The minimum atomic E-state index is -3.57. The Kier molecular flexibility index (Phi) is 11.9. The van der Waals surface area contributed by atoms with E-state index in [1.54, 1.807) is 29.2 Å². The Labute approximate surface area is 222 Å². The molecule has 2 unspecified atom stereocenters. The van der Waals surface area contributed by atoms with E-state index in [1.165, 1.54) is 11.4 Å². The summed E-state index contributed by atoms with van der Waals surface area (Å²) in [5, 5.41) is 3.01. The zero-order valence-corrected chi connectivity index (χ0v) is 23.5. The summed E-state index contributed by atoms with van der Waals surface area (Å²) in [4.78, 5) is 28.2. The molecule has 0 saturated carbocycles. The van der Waals surface area contributed by atoms with Crippen LogP contribution in [-0.2, 0) is 26.0 Å². The molecule has 0 saturated heterocycles. The highest BCUT2D eigenvalue weighted by atomic mass is 32.2. The smallest absolute Gasteiger partial charge is 0.243 e. The van der Waals surface area contributed by atoms with E-state index in [4.69, 9.17) is 4.74 Å². The van der Waals surface area contributed by atoms with Crippen LogP contribution >= 0.6 is 0 Å². The fourth-order valence-electron chi connectivity index (χ4n) is 4.11. The predicted octanol–water partition coefficient (Wildman–Crippen LogP) is 4.01. The molecule has 2 aromatic carbocycles. The molecule has 1 N–H and O–H groups in total. The molecule has 0 bridgehead atoms. The second-order valence-corrected chi connectivity index (χ2v) is 11.1. The normalized spacial score (nSPS) is 12.9.